The van der Waals surface area contributed by atoms with Crippen LogP contribution in [0.15, 0.2) is 16.0 Å². The fraction of sp³-hybridized carbons (Fsp3) is 0.400. The molecule has 0 aliphatic rings. The van der Waals surface area contributed by atoms with Gasteiger partial charge in [-0.3, -0.25) is 19.0 Å². The molecular weight excluding hydrogens is 254 g/mol. The smallest absolute Gasteiger partial charge is 0.252 e. The van der Waals surface area contributed by atoms with Gasteiger partial charge in [-0.1, -0.05) is 25.6 Å². The van der Waals surface area contributed by atoms with Crippen LogP contribution in [0.2, 0.25) is 0 Å². The largest absolute Gasteiger partial charge is 0.369 e. The number of H-pyrrole nitrogens is 1. The lowest BCUT2D eigenvalue weighted by Gasteiger charge is -2.09. The quantitative estimate of drug-likeness (QED) is 0.765. The standard InChI is InChI=1S/C10H13N5O2S/c1-5(2)6-3-8(17)12-9-13-14-10(15(6)9)18-4-7(11)16/h3,5H,4H2,1-2H3,(H2,11,16)(H,12,13,17). The molecule has 2 heterocycles. The lowest BCUT2D eigenvalue weighted by Crippen LogP contribution is -2.15. The Morgan fingerprint density at radius 2 is 2.28 bits per heavy atom. The Morgan fingerprint density at radius 1 is 1.56 bits per heavy atom. The third-order valence-electron chi connectivity index (χ3n) is 2.34. The molecule has 96 valence electrons. The maximum atomic E-state index is 11.5. The Bertz CT molecular complexity index is 645. The predicted molar refractivity (Wildman–Crippen MR) is 67.6 cm³/mol. The highest BCUT2D eigenvalue weighted by atomic mass is 32.2. The Kier molecular flexibility index (Phi) is 3.37. The molecule has 0 atom stereocenters. The van der Waals surface area contributed by atoms with Crippen molar-refractivity contribution in [3.05, 3.63) is 22.1 Å². The number of carbonyl (C=O) groups is 1. The molecule has 2 aromatic rings. The average Bonchev–Trinajstić information content (AvgIpc) is 2.67. The predicted octanol–water partition coefficient (Wildman–Crippen LogP) is 0.118. The highest BCUT2D eigenvalue weighted by Crippen LogP contribution is 2.20. The number of fused-ring (bicyclic) bond motifs is 1. The van der Waals surface area contributed by atoms with Gasteiger partial charge in [-0.15, -0.1) is 10.2 Å². The maximum Gasteiger partial charge on any atom is 0.252 e. The summed E-state index contributed by atoms with van der Waals surface area (Å²) in [5.74, 6) is 0.210. The monoisotopic (exact) mass is 267 g/mol. The number of nitrogens with one attached hydrogen (secondary N) is 1. The van der Waals surface area contributed by atoms with Crippen LogP contribution < -0.4 is 11.3 Å². The summed E-state index contributed by atoms with van der Waals surface area (Å²) in [5.41, 5.74) is 5.68. The molecular formula is C10H13N5O2S. The van der Waals surface area contributed by atoms with E-state index >= 15 is 0 Å². The lowest BCUT2D eigenvalue weighted by molar-refractivity contribution is -0.115. The molecule has 1 amide bonds. The molecule has 3 N–H and O–H groups in total. The van der Waals surface area contributed by atoms with Gasteiger partial charge in [0.1, 0.15) is 0 Å². The summed E-state index contributed by atoms with van der Waals surface area (Å²) in [6, 6.07) is 1.51. The highest BCUT2D eigenvalue weighted by molar-refractivity contribution is 7.99. The topological polar surface area (TPSA) is 106 Å². The van der Waals surface area contributed by atoms with Gasteiger partial charge >= 0.3 is 0 Å². The fourth-order valence-corrected chi connectivity index (χ4v) is 2.27. The fourth-order valence-electron chi connectivity index (χ4n) is 1.58. The summed E-state index contributed by atoms with van der Waals surface area (Å²) in [5, 5.41) is 8.38. The molecule has 0 aliphatic carbocycles. The second kappa shape index (κ2) is 4.81. The molecule has 0 bridgehead atoms. The van der Waals surface area contributed by atoms with Crippen molar-refractivity contribution in [1.82, 2.24) is 19.6 Å². The van der Waals surface area contributed by atoms with Crippen LogP contribution in [0.3, 0.4) is 0 Å². The third-order valence-corrected chi connectivity index (χ3v) is 3.29. The minimum atomic E-state index is -0.424. The van der Waals surface area contributed by atoms with E-state index in [0.29, 0.717) is 10.9 Å². The second-order valence-corrected chi connectivity index (χ2v) is 5.05. The number of aromatic amines is 1. The highest BCUT2D eigenvalue weighted by Gasteiger charge is 2.14. The minimum absolute atomic E-state index is 0.122. The number of carbonyl (C=O) groups excluding carboxylic acids is 1. The second-order valence-electron chi connectivity index (χ2n) is 4.11. The average molecular weight is 267 g/mol. The van der Waals surface area contributed by atoms with E-state index in [2.05, 4.69) is 15.2 Å². The van der Waals surface area contributed by atoms with Gasteiger partial charge < -0.3 is 5.73 Å². The van der Waals surface area contributed by atoms with Crippen molar-refractivity contribution in [2.75, 3.05) is 5.75 Å². The number of hydrogen-bond donors (Lipinski definition) is 2. The van der Waals surface area contributed by atoms with Gasteiger partial charge in [0.15, 0.2) is 5.16 Å². The number of hydrogen-bond acceptors (Lipinski definition) is 5. The van der Waals surface area contributed by atoms with Crippen LogP contribution in [-0.4, -0.2) is 31.2 Å². The van der Waals surface area contributed by atoms with Crippen LogP contribution in [0.25, 0.3) is 5.78 Å². The molecule has 0 aliphatic heterocycles. The minimum Gasteiger partial charge on any atom is -0.369 e. The van der Waals surface area contributed by atoms with Crippen molar-refractivity contribution in [2.24, 2.45) is 5.73 Å². The first-order valence-corrected chi connectivity index (χ1v) is 6.37. The molecule has 0 radical (unpaired) electrons. The zero-order valence-electron chi connectivity index (χ0n) is 10.0. The van der Waals surface area contributed by atoms with Crippen LogP contribution >= 0.6 is 11.8 Å². The van der Waals surface area contributed by atoms with Gasteiger partial charge in [0, 0.05) is 11.8 Å². The number of rotatable bonds is 4. The maximum absolute atomic E-state index is 11.5. The van der Waals surface area contributed by atoms with Gasteiger partial charge in [0.25, 0.3) is 5.56 Å². The number of aromatic nitrogens is 4. The Morgan fingerprint density at radius 3 is 2.89 bits per heavy atom. The van der Waals surface area contributed by atoms with Gasteiger partial charge in [-0.05, 0) is 5.92 Å². The van der Waals surface area contributed by atoms with Crippen molar-refractivity contribution < 1.29 is 4.79 Å². The molecule has 7 nitrogen and oxygen atoms in total. The van der Waals surface area contributed by atoms with E-state index in [9.17, 15) is 9.59 Å². The van der Waals surface area contributed by atoms with Crippen molar-refractivity contribution in [3.8, 4) is 0 Å². The van der Waals surface area contributed by atoms with Crippen LogP contribution in [0.4, 0.5) is 0 Å². The Balaban J connectivity index is 2.55. The lowest BCUT2D eigenvalue weighted by atomic mass is 10.1. The first kappa shape index (κ1) is 12.6. The molecule has 2 aromatic heterocycles. The molecule has 0 saturated heterocycles. The molecule has 8 heteroatoms. The molecule has 0 fully saturated rings. The summed E-state index contributed by atoms with van der Waals surface area (Å²) in [7, 11) is 0. The van der Waals surface area contributed by atoms with E-state index in [1.165, 1.54) is 17.8 Å². The van der Waals surface area contributed by atoms with E-state index < -0.39 is 5.91 Å². The molecule has 0 aromatic carbocycles. The summed E-state index contributed by atoms with van der Waals surface area (Å²) in [6.45, 7) is 3.94. The summed E-state index contributed by atoms with van der Waals surface area (Å²) < 4.78 is 1.74. The Labute approximate surface area is 107 Å². The van der Waals surface area contributed by atoms with Crippen LogP contribution in [0.1, 0.15) is 25.5 Å². The SMILES string of the molecule is CC(C)c1cc(=O)[nH]c2nnc(SCC(N)=O)n12. The van der Waals surface area contributed by atoms with Crippen molar-refractivity contribution in [3.63, 3.8) is 0 Å². The Hall–Kier alpha value is -1.83. The van der Waals surface area contributed by atoms with E-state index in [1.54, 1.807) is 4.40 Å². The number of amides is 1. The van der Waals surface area contributed by atoms with Crippen molar-refractivity contribution >= 4 is 23.4 Å². The van der Waals surface area contributed by atoms with E-state index in [1.807, 2.05) is 13.8 Å². The van der Waals surface area contributed by atoms with Crippen molar-refractivity contribution in [2.45, 2.75) is 24.9 Å². The summed E-state index contributed by atoms with van der Waals surface area (Å²) in [6.07, 6.45) is 0. The van der Waals surface area contributed by atoms with E-state index in [4.69, 9.17) is 5.73 Å². The first-order chi connectivity index (χ1) is 8.49. The van der Waals surface area contributed by atoms with Gasteiger partial charge in [0.05, 0.1) is 5.75 Å². The number of thioether (sulfide) groups is 1. The molecule has 18 heavy (non-hydrogen) atoms. The number of primary amides is 1. The normalized spacial score (nSPS) is 11.3. The summed E-state index contributed by atoms with van der Waals surface area (Å²) in [4.78, 5) is 24.9. The van der Waals surface area contributed by atoms with Gasteiger partial charge in [0.2, 0.25) is 11.7 Å². The van der Waals surface area contributed by atoms with Gasteiger partial charge in [-0.2, -0.15) is 0 Å². The zero-order chi connectivity index (χ0) is 13.3. The van der Waals surface area contributed by atoms with Crippen LogP contribution in [0, 0.1) is 0 Å². The van der Waals surface area contributed by atoms with Crippen LogP contribution in [0.5, 0.6) is 0 Å². The van der Waals surface area contributed by atoms with E-state index in [0.717, 1.165) is 5.69 Å². The van der Waals surface area contributed by atoms with E-state index in [-0.39, 0.29) is 17.2 Å². The van der Waals surface area contributed by atoms with Gasteiger partial charge in [-0.25, -0.2) is 0 Å². The third kappa shape index (κ3) is 2.37. The molecule has 0 saturated carbocycles. The molecule has 0 unspecified atom stereocenters. The zero-order valence-corrected chi connectivity index (χ0v) is 10.8. The number of nitrogens with zero attached hydrogens (tertiary/aromatic N) is 3. The number of nitrogens with two attached hydrogens (primary N) is 1. The summed E-state index contributed by atoms with van der Waals surface area (Å²) >= 11 is 1.19. The molecule has 0 spiro atoms. The van der Waals surface area contributed by atoms with Crippen molar-refractivity contribution in [1.29, 1.82) is 0 Å². The molecule has 2 rings (SSSR count). The first-order valence-electron chi connectivity index (χ1n) is 5.38. The van der Waals surface area contributed by atoms with Crippen LogP contribution in [-0.2, 0) is 4.79 Å².